The summed E-state index contributed by atoms with van der Waals surface area (Å²) < 4.78 is 2.24. The van der Waals surface area contributed by atoms with E-state index in [4.69, 9.17) is 11.6 Å². The highest BCUT2D eigenvalue weighted by Gasteiger charge is 2.17. The molecule has 5 heteroatoms. The molecule has 1 unspecified atom stereocenters. The van der Waals surface area contributed by atoms with Crippen molar-refractivity contribution in [2.75, 3.05) is 6.54 Å². The minimum atomic E-state index is 0.190. The summed E-state index contributed by atoms with van der Waals surface area (Å²) in [4.78, 5) is 0. The zero-order valence-electron chi connectivity index (χ0n) is 10.4. The second kappa shape index (κ2) is 7.41. The zero-order valence-corrected chi connectivity index (χ0v) is 15.7. The normalized spacial score (nSPS) is 12.6. The maximum atomic E-state index is 6.25. The first-order valence-electron chi connectivity index (χ1n) is 6.03. The second-order valence-corrected chi connectivity index (χ2v) is 7.40. The zero-order chi connectivity index (χ0) is 13.8. The number of hydrogen-bond acceptors (Lipinski definition) is 2. The van der Waals surface area contributed by atoms with Crippen molar-refractivity contribution < 1.29 is 0 Å². The number of halogens is 3. The molecule has 0 saturated heterocycles. The van der Waals surface area contributed by atoms with Crippen LogP contribution < -0.4 is 5.32 Å². The molecule has 0 radical (unpaired) electrons. The van der Waals surface area contributed by atoms with E-state index in [0.29, 0.717) is 0 Å². The Morgan fingerprint density at radius 1 is 1.42 bits per heavy atom. The predicted octanol–water partition coefficient (Wildman–Crippen LogP) is 5.86. The molecule has 2 rings (SSSR count). The van der Waals surface area contributed by atoms with E-state index in [1.54, 1.807) is 11.3 Å². The molecule has 1 aromatic carbocycles. The Hall–Kier alpha value is 0.380. The summed E-state index contributed by atoms with van der Waals surface area (Å²) in [5.41, 5.74) is 2.48. The van der Waals surface area contributed by atoms with Gasteiger partial charge in [-0.05, 0) is 80.1 Å². The molecule has 1 N–H and O–H groups in total. The molecule has 0 bridgehead atoms. The van der Waals surface area contributed by atoms with Crippen LogP contribution in [0.2, 0.25) is 5.02 Å². The van der Waals surface area contributed by atoms with Crippen molar-refractivity contribution in [3.05, 3.63) is 53.2 Å². The average Bonchev–Trinajstić information content (AvgIpc) is 2.80. The van der Waals surface area contributed by atoms with Crippen LogP contribution in [0, 0.1) is 3.57 Å². The van der Waals surface area contributed by atoms with E-state index in [1.807, 2.05) is 0 Å². The largest absolute Gasteiger partial charge is 0.306 e. The van der Waals surface area contributed by atoms with Crippen molar-refractivity contribution in [1.29, 1.82) is 0 Å². The van der Waals surface area contributed by atoms with Crippen LogP contribution in [0.4, 0.5) is 0 Å². The van der Waals surface area contributed by atoms with E-state index in [9.17, 15) is 0 Å². The summed E-state index contributed by atoms with van der Waals surface area (Å²) in [5, 5.41) is 8.70. The Morgan fingerprint density at radius 3 is 2.79 bits per heavy atom. The lowest BCUT2D eigenvalue weighted by Crippen LogP contribution is -2.23. The molecule has 0 aliphatic carbocycles. The van der Waals surface area contributed by atoms with Crippen LogP contribution in [0.25, 0.3) is 0 Å². The number of nitrogens with one attached hydrogen (secondary N) is 1. The summed E-state index contributed by atoms with van der Waals surface area (Å²) in [6, 6.07) is 6.46. The van der Waals surface area contributed by atoms with Crippen LogP contribution >= 0.6 is 61.5 Å². The van der Waals surface area contributed by atoms with E-state index in [0.717, 1.165) is 26.0 Å². The predicted molar refractivity (Wildman–Crippen MR) is 96.3 cm³/mol. The van der Waals surface area contributed by atoms with E-state index in [1.165, 1.54) is 11.1 Å². The average molecular weight is 471 g/mol. The third kappa shape index (κ3) is 3.94. The third-order valence-corrected chi connectivity index (χ3v) is 6.15. The first-order valence-corrected chi connectivity index (χ1v) is 9.22. The first kappa shape index (κ1) is 15.8. The smallest absolute Gasteiger partial charge is 0.0596 e. The van der Waals surface area contributed by atoms with Crippen molar-refractivity contribution in [3.8, 4) is 0 Å². The molecule has 102 valence electrons. The molecular formula is C14H14BrClINS. The lowest BCUT2D eigenvalue weighted by atomic mass is 10.0. The standard InChI is InChI=1S/C14H14BrClINS/c1-2-5-18-14(10-7-19-8-11(10)15)9-3-4-13(17)12(16)6-9/h3-4,6-8,14,18H,2,5H2,1H3. The van der Waals surface area contributed by atoms with Gasteiger partial charge in [0.15, 0.2) is 0 Å². The van der Waals surface area contributed by atoms with Gasteiger partial charge in [0.1, 0.15) is 0 Å². The highest BCUT2D eigenvalue weighted by atomic mass is 127. The van der Waals surface area contributed by atoms with E-state index in [-0.39, 0.29) is 6.04 Å². The minimum Gasteiger partial charge on any atom is -0.306 e. The van der Waals surface area contributed by atoms with E-state index in [2.05, 4.69) is 79.7 Å². The van der Waals surface area contributed by atoms with Gasteiger partial charge < -0.3 is 5.32 Å². The van der Waals surface area contributed by atoms with Crippen LogP contribution in [0.5, 0.6) is 0 Å². The highest BCUT2D eigenvalue weighted by molar-refractivity contribution is 14.1. The van der Waals surface area contributed by atoms with E-state index >= 15 is 0 Å². The molecule has 19 heavy (non-hydrogen) atoms. The second-order valence-electron chi connectivity index (χ2n) is 4.24. The Labute approximate surface area is 145 Å². The molecular weight excluding hydrogens is 456 g/mol. The Morgan fingerprint density at radius 2 is 2.21 bits per heavy atom. The number of rotatable bonds is 5. The minimum absolute atomic E-state index is 0.190. The molecule has 0 aliphatic heterocycles. The van der Waals surface area contributed by atoms with Gasteiger partial charge in [0.25, 0.3) is 0 Å². The SMILES string of the molecule is CCCNC(c1ccc(I)c(Cl)c1)c1cscc1Br. The first-order chi connectivity index (χ1) is 9.13. The van der Waals surface area contributed by atoms with Gasteiger partial charge in [-0.1, -0.05) is 24.6 Å². The summed E-state index contributed by atoms with van der Waals surface area (Å²) in [5.74, 6) is 0. The topological polar surface area (TPSA) is 12.0 Å². The fourth-order valence-electron chi connectivity index (χ4n) is 1.89. The van der Waals surface area contributed by atoms with Gasteiger partial charge in [0.2, 0.25) is 0 Å². The molecule has 0 aliphatic rings. The van der Waals surface area contributed by atoms with Gasteiger partial charge in [-0.3, -0.25) is 0 Å². The van der Waals surface area contributed by atoms with Crippen molar-refractivity contribution in [2.24, 2.45) is 0 Å². The molecule has 1 atom stereocenters. The lowest BCUT2D eigenvalue weighted by Gasteiger charge is -2.19. The maximum Gasteiger partial charge on any atom is 0.0596 e. The molecule has 0 fully saturated rings. The number of hydrogen-bond donors (Lipinski definition) is 1. The van der Waals surface area contributed by atoms with Gasteiger partial charge in [0.05, 0.1) is 11.1 Å². The number of thiophene rings is 1. The number of benzene rings is 1. The fraction of sp³-hybridized carbons (Fsp3) is 0.286. The van der Waals surface area contributed by atoms with Crippen LogP contribution in [0.3, 0.4) is 0 Å². The Balaban J connectivity index is 2.37. The van der Waals surface area contributed by atoms with Gasteiger partial charge in [-0.15, -0.1) is 0 Å². The summed E-state index contributed by atoms with van der Waals surface area (Å²) >= 11 is 13.8. The van der Waals surface area contributed by atoms with Crippen molar-refractivity contribution in [1.82, 2.24) is 5.32 Å². The van der Waals surface area contributed by atoms with Crippen molar-refractivity contribution in [2.45, 2.75) is 19.4 Å². The van der Waals surface area contributed by atoms with Gasteiger partial charge in [0, 0.05) is 13.4 Å². The quantitative estimate of drug-likeness (QED) is 0.540. The van der Waals surface area contributed by atoms with Gasteiger partial charge >= 0.3 is 0 Å². The van der Waals surface area contributed by atoms with Crippen LogP contribution in [-0.2, 0) is 0 Å². The molecule has 0 spiro atoms. The Bertz CT molecular complexity index is 558. The highest BCUT2D eigenvalue weighted by Crippen LogP contribution is 2.33. The van der Waals surface area contributed by atoms with E-state index < -0.39 is 0 Å². The summed E-state index contributed by atoms with van der Waals surface area (Å²) in [6.45, 7) is 3.16. The summed E-state index contributed by atoms with van der Waals surface area (Å²) in [6.07, 6.45) is 1.11. The molecule has 0 saturated carbocycles. The molecule has 0 amide bonds. The lowest BCUT2D eigenvalue weighted by molar-refractivity contribution is 0.598. The molecule has 1 heterocycles. The molecule has 1 aromatic heterocycles. The van der Waals surface area contributed by atoms with Crippen molar-refractivity contribution >= 4 is 61.5 Å². The van der Waals surface area contributed by atoms with Crippen LogP contribution in [0.15, 0.2) is 33.4 Å². The molecule has 1 nitrogen and oxygen atoms in total. The van der Waals surface area contributed by atoms with Crippen molar-refractivity contribution in [3.63, 3.8) is 0 Å². The van der Waals surface area contributed by atoms with Gasteiger partial charge in [-0.25, -0.2) is 0 Å². The monoisotopic (exact) mass is 469 g/mol. The Kier molecular flexibility index (Phi) is 6.14. The maximum absolute atomic E-state index is 6.25. The van der Waals surface area contributed by atoms with Crippen LogP contribution in [0.1, 0.15) is 30.5 Å². The van der Waals surface area contributed by atoms with Gasteiger partial charge in [-0.2, -0.15) is 11.3 Å². The summed E-state index contributed by atoms with van der Waals surface area (Å²) in [7, 11) is 0. The van der Waals surface area contributed by atoms with Crippen LogP contribution in [-0.4, -0.2) is 6.54 Å². The third-order valence-electron chi connectivity index (χ3n) is 2.83. The fourth-order valence-corrected chi connectivity index (χ4v) is 3.96. The molecule has 2 aromatic rings.